The zero-order chi connectivity index (χ0) is 23.7. The number of carbonyl (C=O) groups is 2. The van der Waals surface area contributed by atoms with Gasteiger partial charge in [0, 0.05) is 43.6 Å². The lowest BCUT2D eigenvalue weighted by Gasteiger charge is -2.34. The van der Waals surface area contributed by atoms with Crippen LogP contribution in [0, 0.1) is 6.92 Å². The van der Waals surface area contributed by atoms with E-state index in [1.165, 1.54) is 0 Å². The fourth-order valence-electron chi connectivity index (χ4n) is 4.48. The summed E-state index contributed by atoms with van der Waals surface area (Å²) >= 11 is 0. The molecule has 0 radical (unpaired) electrons. The molecule has 34 heavy (non-hydrogen) atoms. The number of carbonyl (C=O) groups excluding carboxylic acids is 2. The molecule has 2 aliphatic heterocycles. The van der Waals surface area contributed by atoms with Gasteiger partial charge in [0.2, 0.25) is 6.79 Å². The Morgan fingerprint density at radius 1 is 0.912 bits per heavy atom. The van der Waals surface area contributed by atoms with E-state index in [9.17, 15) is 9.59 Å². The van der Waals surface area contributed by atoms with Gasteiger partial charge in [-0.15, -0.1) is 0 Å². The summed E-state index contributed by atoms with van der Waals surface area (Å²) in [6, 6.07) is 17.8. The summed E-state index contributed by atoms with van der Waals surface area (Å²) in [5, 5.41) is 0. The van der Waals surface area contributed by atoms with Gasteiger partial charge >= 0.3 is 6.09 Å². The SMILES string of the molecule is CCOC(=O)N1CCN(C(=O)c2cc(-c3ccccc3)n(-c3ccc4c(c3)OCO4)c2C)CC1. The molecule has 3 heterocycles. The first kappa shape index (κ1) is 21.9. The lowest BCUT2D eigenvalue weighted by molar-refractivity contribution is 0.0570. The molecule has 1 fully saturated rings. The monoisotopic (exact) mass is 461 g/mol. The van der Waals surface area contributed by atoms with Gasteiger partial charge < -0.3 is 28.6 Å². The maximum atomic E-state index is 13.6. The Morgan fingerprint density at radius 3 is 2.35 bits per heavy atom. The molecule has 0 spiro atoms. The molecular formula is C26H27N3O5. The first-order chi connectivity index (χ1) is 16.6. The predicted molar refractivity (Wildman–Crippen MR) is 127 cm³/mol. The Labute approximate surface area is 198 Å². The van der Waals surface area contributed by atoms with Gasteiger partial charge in [-0.2, -0.15) is 0 Å². The van der Waals surface area contributed by atoms with Crippen molar-refractivity contribution in [2.24, 2.45) is 0 Å². The smallest absolute Gasteiger partial charge is 0.409 e. The largest absolute Gasteiger partial charge is 0.454 e. The maximum Gasteiger partial charge on any atom is 0.409 e. The molecule has 0 N–H and O–H groups in total. The second-order valence-electron chi connectivity index (χ2n) is 8.25. The maximum absolute atomic E-state index is 13.6. The molecule has 0 saturated carbocycles. The van der Waals surface area contributed by atoms with Gasteiger partial charge in [0.1, 0.15) is 0 Å². The zero-order valence-electron chi connectivity index (χ0n) is 19.3. The molecule has 176 valence electrons. The third kappa shape index (κ3) is 3.96. The summed E-state index contributed by atoms with van der Waals surface area (Å²) in [4.78, 5) is 29.0. The molecular weight excluding hydrogens is 434 g/mol. The first-order valence-corrected chi connectivity index (χ1v) is 11.5. The highest BCUT2D eigenvalue weighted by atomic mass is 16.7. The summed E-state index contributed by atoms with van der Waals surface area (Å²) < 4.78 is 18.2. The molecule has 8 nitrogen and oxygen atoms in total. The molecule has 1 saturated heterocycles. The van der Waals surface area contributed by atoms with Gasteiger partial charge in [-0.1, -0.05) is 30.3 Å². The van der Waals surface area contributed by atoms with Crippen LogP contribution in [-0.2, 0) is 4.74 Å². The number of amides is 2. The van der Waals surface area contributed by atoms with Crippen LogP contribution in [0.2, 0.25) is 0 Å². The minimum absolute atomic E-state index is 0.0438. The Morgan fingerprint density at radius 2 is 1.62 bits per heavy atom. The lowest BCUT2D eigenvalue weighted by Crippen LogP contribution is -2.50. The number of hydrogen-bond donors (Lipinski definition) is 0. The van der Waals surface area contributed by atoms with Crippen molar-refractivity contribution in [1.82, 2.24) is 14.4 Å². The van der Waals surface area contributed by atoms with E-state index in [1.807, 2.05) is 61.5 Å². The number of aromatic nitrogens is 1. The number of hydrogen-bond acceptors (Lipinski definition) is 5. The Bertz CT molecular complexity index is 1210. The topological polar surface area (TPSA) is 73.2 Å². The fraction of sp³-hybridized carbons (Fsp3) is 0.308. The second kappa shape index (κ2) is 9.13. The number of ether oxygens (including phenoxy) is 3. The van der Waals surface area contributed by atoms with E-state index in [1.54, 1.807) is 16.7 Å². The molecule has 3 aromatic rings. The van der Waals surface area contributed by atoms with E-state index >= 15 is 0 Å². The van der Waals surface area contributed by atoms with Crippen LogP contribution in [0.4, 0.5) is 4.79 Å². The molecule has 8 heteroatoms. The standard InChI is InChI=1S/C26H27N3O5/c1-3-32-26(31)28-13-11-27(12-14-28)25(30)21-16-22(19-7-5-4-6-8-19)29(18(21)2)20-9-10-23-24(15-20)34-17-33-23/h4-10,15-16H,3,11-14,17H2,1-2H3. The predicted octanol–water partition coefficient (Wildman–Crippen LogP) is 4.10. The van der Waals surface area contributed by atoms with Crippen LogP contribution in [0.1, 0.15) is 23.0 Å². The van der Waals surface area contributed by atoms with Crippen LogP contribution in [0.25, 0.3) is 16.9 Å². The molecule has 0 atom stereocenters. The van der Waals surface area contributed by atoms with E-state index in [0.29, 0.717) is 49.8 Å². The van der Waals surface area contributed by atoms with E-state index in [2.05, 4.69) is 4.57 Å². The van der Waals surface area contributed by atoms with Gasteiger partial charge in [0.15, 0.2) is 11.5 Å². The molecule has 1 aromatic heterocycles. The number of nitrogens with zero attached hydrogens (tertiary/aromatic N) is 3. The van der Waals surface area contributed by atoms with Crippen molar-refractivity contribution in [3.63, 3.8) is 0 Å². The van der Waals surface area contributed by atoms with Gasteiger partial charge in [0.05, 0.1) is 17.9 Å². The molecule has 2 aromatic carbocycles. The fourth-order valence-corrected chi connectivity index (χ4v) is 4.48. The summed E-state index contributed by atoms with van der Waals surface area (Å²) in [5.41, 5.74) is 4.31. The van der Waals surface area contributed by atoms with Gasteiger partial charge in [-0.3, -0.25) is 4.79 Å². The van der Waals surface area contributed by atoms with Crippen molar-refractivity contribution < 1.29 is 23.8 Å². The average molecular weight is 462 g/mol. The quantitative estimate of drug-likeness (QED) is 0.585. The third-order valence-electron chi connectivity index (χ3n) is 6.25. The summed E-state index contributed by atoms with van der Waals surface area (Å²) in [6.45, 7) is 6.13. The highest BCUT2D eigenvalue weighted by Crippen LogP contribution is 2.37. The highest BCUT2D eigenvalue weighted by Gasteiger charge is 2.29. The summed E-state index contributed by atoms with van der Waals surface area (Å²) in [6.07, 6.45) is -0.328. The first-order valence-electron chi connectivity index (χ1n) is 11.5. The van der Waals surface area contributed by atoms with Crippen molar-refractivity contribution in [2.45, 2.75) is 13.8 Å². The van der Waals surface area contributed by atoms with E-state index in [4.69, 9.17) is 14.2 Å². The number of fused-ring (bicyclic) bond motifs is 1. The van der Waals surface area contributed by atoms with Crippen molar-refractivity contribution in [3.05, 3.63) is 65.9 Å². The number of piperazine rings is 1. The molecule has 0 unspecified atom stereocenters. The van der Waals surface area contributed by atoms with Crippen LogP contribution in [-0.4, -0.2) is 65.9 Å². The van der Waals surface area contributed by atoms with Crippen molar-refractivity contribution >= 4 is 12.0 Å². The second-order valence-corrected chi connectivity index (χ2v) is 8.25. The molecule has 0 aliphatic carbocycles. The van der Waals surface area contributed by atoms with Gasteiger partial charge in [0.25, 0.3) is 5.91 Å². The van der Waals surface area contributed by atoms with Crippen LogP contribution in [0.3, 0.4) is 0 Å². The zero-order valence-corrected chi connectivity index (χ0v) is 19.3. The van der Waals surface area contributed by atoms with E-state index in [-0.39, 0.29) is 18.8 Å². The Balaban J connectivity index is 1.48. The van der Waals surface area contributed by atoms with E-state index < -0.39 is 0 Å². The molecule has 0 bridgehead atoms. The van der Waals surface area contributed by atoms with Crippen LogP contribution in [0.5, 0.6) is 11.5 Å². The van der Waals surface area contributed by atoms with Gasteiger partial charge in [-0.25, -0.2) is 4.79 Å². The summed E-state index contributed by atoms with van der Waals surface area (Å²) in [7, 11) is 0. The Hall–Kier alpha value is -3.94. The molecule has 2 amide bonds. The molecule has 2 aliphatic rings. The minimum Gasteiger partial charge on any atom is -0.454 e. The lowest BCUT2D eigenvalue weighted by atomic mass is 10.1. The molecule has 5 rings (SSSR count). The minimum atomic E-state index is -0.328. The number of rotatable bonds is 4. The van der Waals surface area contributed by atoms with E-state index in [0.717, 1.165) is 22.6 Å². The average Bonchev–Trinajstić information content (AvgIpc) is 3.48. The third-order valence-corrected chi connectivity index (χ3v) is 6.25. The summed E-state index contributed by atoms with van der Waals surface area (Å²) in [5.74, 6) is 1.36. The van der Waals surface area contributed by atoms with Crippen molar-refractivity contribution in [2.75, 3.05) is 39.6 Å². The van der Waals surface area contributed by atoms with Crippen LogP contribution >= 0.6 is 0 Å². The Kier molecular flexibility index (Phi) is 5.88. The highest BCUT2D eigenvalue weighted by molar-refractivity contribution is 5.97. The van der Waals surface area contributed by atoms with Crippen LogP contribution in [0.15, 0.2) is 54.6 Å². The van der Waals surface area contributed by atoms with Gasteiger partial charge in [-0.05, 0) is 37.6 Å². The van der Waals surface area contributed by atoms with Crippen molar-refractivity contribution in [1.29, 1.82) is 0 Å². The van der Waals surface area contributed by atoms with Crippen LogP contribution < -0.4 is 9.47 Å². The number of benzene rings is 2. The normalized spacial score (nSPS) is 14.9. The van der Waals surface area contributed by atoms with Crippen molar-refractivity contribution in [3.8, 4) is 28.4 Å².